The molecular formula is C19H20N4O. The zero-order valence-electron chi connectivity index (χ0n) is 13.7. The minimum Gasteiger partial charge on any atom is -0.328 e. The first-order valence-electron chi connectivity index (χ1n) is 7.83. The van der Waals surface area contributed by atoms with Crippen molar-refractivity contribution in [3.63, 3.8) is 0 Å². The average molecular weight is 320 g/mol. The third-order valence-electron chi connectivity index (χ3n) is 3.84. The van der Waals surface area contributed by atoms with E-state index in [1.165, 1.54) is 0 Å². The molecule has 1 atom stereocenters. The van der Waals surface area contributed by atoms with E-state index in [-0.39, 0.29) is 11.8 Å². The molecule has 0 aliphatic carbocycles. The zero-order chi connectivity index (χ0) is 16.9. The van der Waals surface area contributed by atoms with Crippen LogP contribution < -0.4 is 16.2 Å². The molecular weight excluding hydrogens is 300 g/mol. The van der Waals surface area contributed by atoms with E-state index >= 15 is 0 Å². The Bertz CT molecular complexity index is 782. The Balaban J connectivity index is 1.85. The number of hydrogen-bond donors (Lipinski definition) is 3. The maximum absolute atomic E-state index is 12.1. The standard InChI is InChI=1S/C19H20N4O/c1-13-17(14(2)24)18(15-9-5-3-6-10-15)21-19(20-13)23-22-16-11-7-4-8-12-16/h3-12,18,22H,1-2H3,(H2,20,21,23). The van der Waals surface area contributed by atoms with Crippen LogP contribution >= 0.6 is 0 Å². The summed E-state index contributed by atoms with van der Waals surface area (Å²) >= 11 is 0. The fourth-order valence-electron chi connectivity index (χ4n) is 2.73. The van der Waals surface area contributed by atoms with E-state index in [1.54, 1.807) is 6.92 Å². The van der Waals surface area contributed by atoms with Gasteiger partial charge in [0, 0.05) is 11.3 Å². The number of anilines is 1. The van der Waals surface area contributed by atoms with Gasteiger partial charge in [-0.15, -0.1) is 0 Å². The highest BCUT2D eigenvalue weighted by atomic mass is 16.1. The van der Waals surface area contributed by atoms with Gasteiger partial charge in [-0.2, -0.15) is 0 Å². The second-order valence-corrected chi connectivity index (χ2v) is 5.63. The molecule has 0 amide bonds. The van der Waals surface area contributed by atoms with Crippen LogP contribution in [0.15, 0.2) is 76.9 Å². The first-order chi connectivity index (χ1) is 11.6. The van der Waals surface area contributed by atoms with Gasteiger partial charge in [0.1, 0.15) is 6.04 Å². The van der Waals surface area contributed by atoms with Crippen LogP contribution in [-0.4, -0.2) is 11.7 Å². The van der Waals surface area contributed by atoms with Gasteiger partial charge in [0.05, 0.1) is 5.69 Å². The lowest BCUT2D eigenvalue weighted by molar-refractivity contribution is -0.114. The summed E-state index contributed by atoms with van der Waals surface area (Å²) in [7, 11) is 0. The lowest BCUT2D eigenvalue weighted by atomic mass is 9.94. The monoisotopic (exact) mass is 320 g/mol. The molecule has 1 aliphatic rings. The van der Waals surface area contributed by atoms with Crippen LogP contribution in [0.1, 0.15) is 25.5 Å². The van der Waals surface area contributed by atoms with Gasteiger partial charge < -0.3 is 5.32 Å². The van der Waals surface area contributed by atoms with Crippen molar-refractivity contribution >= 4 is 17.4 Å². The molecule has 0 spiro atoms. The predicted molar refractivity (Wildman–Crippen MR) is 96.3 cm³/mol. The van der Waals surface area contributed by atoms with Crippen molar-refractivity contribution in [2.24, 2.45) is 4.99 Å². The number of guanidine groups is 1. The second kappa shape index (κ2) is 7.00. The van der Waals surface area contributed by atoms with Crippen molar-refractivity contribution in [1.82, 2.24) is 10.7 Å². The highest BCUT2D eigenvalue weighted by Gasteiger charge is 2.26. The summed E-state index contributed by atoms with van der Waals surface area (Å²) in [6.45, 7) is 3.47. The third-order valence-corrected chi connectivity index (χ3v) is 3.84. The number of benzene rings is 2. The maximum atomic E-state index is 12.1. The molecule has 24 heavy (non-hydrogen) atoms. The molecule has 0 aromatic heterocycles. The highest BCUT2D eigenvalue weighted by Crippen LogP contribution is 2.30. The number of allylic oxidation sites excluding steroid dienone is 1. The van der Waals surface area contributed by atoms with Crippen LogP contribution in [0.25, 0.3) is 0 Å². The van der Waals surface area contributed by atoms with Crippen LogP contribution in [0, 0.1) is 0 Å². The van der Waals surface area contributed by atoms with Crippen molar-refractivity contribution in [3.8, 4) is 0 Å². The molecule has 1 unspecified atom stereocenters. The van der Waals surface area contributed by atoms with Crippen molar-refractivity contribution in [1.29, 1.82) is 0 Å². The molecule has 0 fully saturated rings. The molecule has 3 N–H and O–H groups in total. The number of Topliss-reactive ketones (excluding diaryl/α,β-unsaturated/α-hetero) is 1. The molecule has 2 aromatic rings. The Hall–Kier alpha value is -3.08. The topological polar surface area (TPSA) is 65.5 Å². The van der Waals surface area contributed by atoms with Crippen LogP contribution in [0.5, 0.6) is 0 Å². The van der Waals surface area contributed by atoms with Gasteiger partial charge in [0.25, 0.3) is 0 Å². The number of ketones is 1. The van der Waals surface area contributed by atoms with Crippen molar-refractivity contribution in [2.45, 2.75) is 19.9 Å². The van der Waals surface area contributed by atoms with Gasteiger partial charge in [0.15, 0.2) is 5.78 Å². The van der Waals surface area contributed by atoms with E-state index in [2.05, 4.69) is 21.2 Å². The SMILES string of the molecule is CC(=O)C1=C(C)NC(NNc2ccccc2)=NC1c1ccccc1. The maximum Gasteiger partial charge on any atom is 0.215 e. The average Bonchev–Trinajstić information content (AvgIpc) is 2.60. The second-order valence-electron chi connectivity index (χ2n) is 5.63. The predicted octanol–water partition coefficient (Wildman–Crippen LogP) is 3.17. The normalized spacial score (nSPS) is 16.9. The lowest BCUT2D eigenvalue weighted by Crippen LogP contribution is -2.43. The molecule has 3 rings (SSSR count). The summed E-state index contributed by atoms with van der Waals surface area (Å²) in [5.74, 6) is 0.600. The Morgan fingerprint density at radius 1 is 1.00 bits per heavy atom. The van der Waals surface area contributed by atoms with Crippen LogP contribution in [0.4, 0.5) is 5.69 Å². The number of aliphatic imine (C=N–C) groups is 1. The molecule has 122 valence electrons. The van der Waals surface area contributed by atoms with E-state index in [0.29, 0.717) is 11.5 Å². The highest BCUT2D eigenvalue weighted by molar-refractivity contribution is 5.98. The molecule has 1 heterocycles. The number of carbonyl (C=O) groups excluding carboxylic acids is 1. The van der Waals surface area contributed by atoms with Crippen molar-refractivity contribution < 1.29 is 4.79 Å². The lowest BCUT2D eigenvalue weighted by Gasteiger charge is -2.26. The molecule has 5 heteroatoms. The summed E-state index contributed by atoms with van der Waals surface area (Å²) in [6.07, 6.45) is 0. The number of para-hydroxylation sites is 1. The van der Waals surface area contributed by atoms with Gasteiger partial charge in [-0.1, -0.05) is 48.5 Å². The molecule has 1 aliphatic heterocycles. The smallest absolute Gasteiger partial charge is 0.215 e. The van der Waals surface area contributed by atoms with E-state index in [4.69, 9.17) is 0 Å². The Labute approximate surface area is 141 Å². The van der Waals surface area contributed by atoms with E-state index in [9.17, 15) is 4.79 Å². The largest absolute Gasteiger partial charge is 0.328 e. The number of nitrogens with one attached hydrogen (secondary N) is 3. The van der Waals surface area contributed by atoms with Crippen molar-refractivity contribution in [3.05, 3.63) is 77.5 Å². The molecule has 2 aromatic carbocycles. The van der Waals surface area contributed by atoms with E-state index in [1.807, 2.05) is 67.6 Å². The van der Waals surface area contributed by atoms with E-state index in [0.717, 1.165) is 16.9 Å². The molecule has 0 bridgehead atoms. The van der Waals surface area contributed by atoms with Gasteiger partial charge in [0.2, 0.25) is 5.96 Å². The van der Waals surface area contributed by atoms with Crippen LogP contribution in [0.2, 0.25) is 0 Å². The number of carbonyl (C=O) groups is 1. The molecule has 5 nitrogen and oxygen atoms in total. The van der Waals surface area contributed by atoms with Gasteiger partial charge in [-0.25, -0.2) is 4.99 Å². The number of hydrogen-bond acceptors (Lipinski definition) is 5. The fourth-order valence-corrected chi connectivity index (χ4v) is 2.73. The minimum absolute atomic E-state index is 0.0210. The summed E-state index contributed by atoms with van der Waals surface area (Å²) in [4.78, 5) is 16.7. The quantitative estimate of drug-likeness (QED) is 0.757. The summed E-state index contributed by atoms with van der Waals surface area (Å²) < 4.78 is 0. The Morgan fingerprint density at radius 3 is 2.25 bits per heavy atom. The third kappa shape index (κ3) is 3.46. The van der Waals surface area contributed by atoms with Crippen molar-refractivity contribution in [2.75, 3.05) is 5.43 Å². The molecule has 0 radical (unpaired) electrons. The summed E-state index contributed by atoms with van der Waals surface area (Å²) in [5.41, 5.74) is 9.58. The summed E-state index contributed by atoms with van der Waals surface area (Å²) in [6, 6.07) is 19.3. The van der Waals surface area contributed by atoms with Gasteiger partial charge in [-0.05, 0) is 31.5 Å². The summed E-state index contributed by atoms with van der Waals surface area (Å²) in [5, 5.41) is 3.15. The van der Waals surface area contributed by atoms with Crippen LogP contribution in [0.3, 0.4) is 0 Å². The van der Waals surface area contributed by atoms with Gasteiger partial charge >= 0.3 is 0 Å². The zero-order valence-corrected chi connectivity index (χ0v) is 13.7. The molecule has 0 saturated heterocycles. The first-order valence-corrected chi connectivity index (χ1v) is 7.83. The molecule has 0 saturated carbocycles. The van der Waals surface area contributed by atoms with Crippen LogP contribution in [-0.2, 0) is 4.79 Å². The van der Waals surface area contributed by atoms with E-state index < -0.39 is 0 Å². The number of rotatable bonds is 4. The Kier molecular flexibility index (Phi) is 4.61. The fraction of sp³-hybridized carbons (Fsp3) is 0.158. The number of hydrazine groups is 1. The number of nitrogens with zero attached hydrogens (tertiary/aromatic N) is 1. The Morgan fingerprint density at radius 2 is 1.62 bits per heavy atom. The first kappa shape index (κ1) is 15.8. The minimum atomic E-state index is -0.315. The van der Waals surface area contributed by atoms with Gasteiger partial charge in [-0.3, -0.25) is 15.6 Å².